The van der Waals surface area contributed by atoms with Gasteiger partial charge in [0.15, 0.2) is 11.5 Å². The van der Waals surface area contributed by atoms with Crippen LogP contribution in [0.15, 0.2) is 36.4 Å². The Balaban J connectivity index is 0.00000196. The van der Waals surface area contributed by atoms with Crippen molar-refractivity contribution in [3.8, 4) is 34.1 Å². The van der Waals surface area contributed by atoms with Crippen molar-refractivity contribution >= 4 is 12.4 Å². The maximum Gasteiger partial charge on any atom is 0.231 e. The molecule has 1 aliphatic rings. The molecule has 0 spiro atoms. The molecule has 1 aliphatic heterocycles. The number of benzene rings is 1. The summed E-state index contributed by atoms with van der Waals surface area (Å²) >= 11 is 0. The molecule has 0 saturated carbocycles. The lowest BCUT2D eigenvalue weighted by Crippen LogP contribution is -2.13. The van der Waals surface area contributed by atoms with Gasteiger partial charge in [-0.3, -0.25) is 4.98 Å². The van der Waals surface area contributed by atoms with Crippen LogP contribution in [0.4, 0.5) is 0 Å². The standard InChI is InChI=1S/C20H21N3O2.ClH/c1-12-6-5-7-14(21-12)18-17(22-19(23-18)20(2,3)4)13-8-9-15-16(10-13)25-11-24-15;/h5-10H,11H2,1-4H3,(H,22,23);1H. The Kier molecular flexibility index (Phi) is 4.67. The van der Waals surface area contributed by atoms with Crippen LogP contribution in [0.5, 0.6) is 11.5 Å². The van der Waals surface area contributed by atoms with E-state index in [1.165, 1.54) is 0 Å². The number of fused-ring (bicyclic) bond motifs is 1. The van der Waals surface area contributed by atoms with E-state index in [-0.39, 0.29) is 24.6 Å². The number of imidazole rings is 1. The zero-order chi connectivity index (χ0) is 17.6. The summed E-state index contributed by atoms with van der Waals surface area (Å²) in [5.74, 6) is 2.45. The van der Waals surface area contributed by atoms with Gasteiger partial charge in [-0.1, -0.05) is 26.8 Å². The molecule has 0 amide bonds. The lowest BCUT2D eigenvalue weighted by atomic mass is 9.96. The van der Waals surface area contributed by atoms with Gasteiger partial charge in [0.1, 0.15) is 5.82 Å². The number of aryl methyl sites for hydroxylation is 1. The molecule has 3 aromatic rings. The molecule has 26 heavy (non-hydrogen) atoms. The van der Waals surface area contributed by atoms with Crippen molar-refractivity contribution in [3.05, 3.63) is 47.9 Å². The molecule has 0 saturated heterocycles. The Hall–Kier alpha value is -2.53. The number of hydrogen-bond acceptors (Lipinski definition) is 4. The van der Waals surface area contributed by atoms with Gasteiger partial charge in [0, 0.05) is 16.7 Å². The SMILES string of the molecule is Cc1cccc(-c2[nH]c(C(C)(C)C)nc2-c2ccc3c(c2)OCO3)n1.Cl. The minimum atomic E-state index is -0.0901. The van der Waals surface area contributed by atoms with Crippen molar-refractivity contribution < 1.29 is 9.47 Å². The van der Waals surface area contributed by atoms with E-state index in [1.807, 2.05) is 43.3 Å². The van der Waals surface area contributed by atoms with Gasteiger partial charge < -0.3 is 14.5 Å². The number of rotatable bonds is 2. The average Bonchev–Trinajstić information content (AvgIpc) is 3.20. The Bertz CT molecular complexity index is 944. The summed E-state index contributed by atoms with van der Waals surface area (Å²) in [6.45, 7) is 8.68. The number of aromatic nitrogens is 3. The van der Waals surface area contributed by atoms with Crippen LogP contribution in [0.3, 0.4) is 0 Å². The van der Waals surface area contributed by atoms with E-state index in [4.69, 9.17) is 14.5 Å². The van der Waals surface area contributed by atoms with Crippen LogP contribution in [-0.4, -0.2) is 21.7 Å². The third-order valence-corrected chi connectivity index (χ3v) is 4.20. The molecule has 6 heteroatoms. The third kappa shape index (κ3) is 3.27. The van der Waals surface area contributed by atoms with Crippen LogP contribution in [0.2, 0.25) is 0 Å². The van der Waals surface area contributed by atoms with Crippen molar-refractivity contribution in [2.24, 2.45) is 0 Å². The Morgan fingerprint density at radius 2 is 1.77 bits per heavy atom. The summed E-state index contributed by atoms with van der Waals surface area (Å²) in [7, 11) is 0. The van der Waals surface area contributed by atoms with Crippen molar-refractivity contribution in [2.45, 2.75) is 33.1 Å². The summed E-state index contributed by atoms with van der Waals surface area (Å²) in [6, 6.07) is 11.9. The molecule has 136 valence electrons. The molecule has 4 rings (SSSR count). The molecular formula is C20H22ClN3O2. The Morgan fingerprint density at radius 3 is 2.50 bits per heavy atom. The van der Waals surface area contributed by atoms with Gasteiger partial charge in [-0.05, 0) is 37.3 Å². The fraction of sp³-hybridized carbons (Fsp3) is 0.300. The maximum absolute atomic E-state index is 5.52. The van der Waals surface area contributed by atoms with Crippen LogP contribution in [-0.2, 0) is 5.41 Å². The van der Waals surface area contributed by atoms with Crippen molar-refractivity contribution in [2.75, 3.05) is 6.79 Å². The highest BCUT2D eigenvalue weighted by molar-refractivity contribution is 5.85. The highest BCUT2D eigenvalue weighted by atomic mass is 35.5. The highest BCUT2D eigenvalue weighted by Crippen LogP contribution is 2.39. The molecule has 0 fully saturated rings. The normalized spacial score (nSPS) is 12.8. The number of aromatic amines is 1. The molecule has 0 unspecified atom stereocenters. The molecule has 2 aromatic heterocycles. The first kappa shape index (κ1) is 18.3. The molecule has 5 nitrogen and oxygen atoms in total. The maximum atomic E-state index is 5.52. The summed E-state index contributed by atoms with van der Waals surface area (Å²) < 4.78 is 10.9. The van der Waals surface area contributed by atoms with Crippen LogP contribution in [0, 0.1) is 6.92 Å². The van der Waals surface area contributed by atoms with Gasteiger partial charge >= 0.3 is 0 Å². The third-order valence-electron chi connectivity index (χ3n) is 4.20. The first-order valence-corrected chi connectivity index (χ1v) is 8.36. The lowest BCUT2D eigenvalue weighted by Gasteiger charge is -2.14. The van der Waals surface area contributed by atoms with Gasteiger partial charge in [-0.15, -0.1) is 12.4 Å². The first-order valence-electron chi connectivity index (χ1n) is 8.36. The number of pyridine rings is 1. The topological polar surface area (TPSA) is 60.0 Å². The Morgan fingerprint density at radius 1 is 1.00 bits per heavy atom. The molecular weight excluding hydrogens is 350 g/mol. The van der Waals surface area contributed by atoms with Crippen LogP contribution >= 0.6 is 12.4 Å². The van der Waals surface area contributed by atoms with Gasteiger partial charge in [-0.2, -0.15) is 0 Å². The van der Waals surface area contributed by atoms with Crippen molar-refractivity contribution in [1.29, 1.82) is 0 Å². The zero-order valence-corrected chi connectivity index (χ0v) is 16.1. The average molecular weight is 372 g/mol. The van der Waals surface area contributed by atoms with Crippen LogP contribution < -0.4 is 9.47 Å². The van der Waals surface area contributed by atoms with Gasteiger partial charge in [-0.25, -0.2) is 4.98 Å². The van der Waals surface area contributed by atoms with E-state index in [0.717, 1.165) is 45.7 Å². The second-order valence-corrected chi connectivity index (χ2v) is 7.29. The molecule has 1 aromatic carbocycles. The quantitative estimate of drug-likeness (QED) is 0.696. The molecule has 0 bridgehead atoms. The number of ether oxygens (including phenoxy) is 2. The Labute approximate surface area is 159 Å². The predicted octanol–water partition coefficient (Wildman–Crippen LogP) is 4.90. The monoisotopic (exact) mass is 371 g/mol. The van der Waals surface area contributed by atoms with E-state index in [0.29, 0.717) is 0 Å². The molecule has 0 atom stereocenters. The summed E-state index contributed by atoms with van der Waals surface area (Å²) in [6.07, 6.45) is 0. The van der Waals surface area contributed by atoms with Gasteiger partial charge in [0.25, 0.3) is 0 Å². The second kappa shape index (κ2) is 6.65. The van der Waals surface area contributed by atoms with E-state index in [2.05, 4.69) is 30.7 Å². The summed E-state index contributed by atoms with van der Waals surface area (Å²) in [5.41, 5.74) is 4.55. The van der Waals surface area contributed by atoms with Crippen LogP contribution in [0.25, 0.3) is 22.6 Å². The fourth-order valence-corrected chi connectivity index (χ4v) is 2.85. The van der Waals surface area contributed by atoms with E-state index in [1.54, 1.807) is 0 Å². The highest BCUT2D eigenvalue weighted by Gasteiger charge is 2.24. The van der Waals surface area contributed by atoms with Gasteiger partial charge in [0.2, 0.25) is 6.79 Å². The van der Waals surface area contributed by atoms with Gasteiger partial charge in [0.05, 0.1) is 17.1 Å². The zero-order valence-electron chi connectivity index (χ0n) is 15.3. The number of hydrogen-bond donors (Lipinski definition) is 1. The van der Waals surface area contributed by atoms with E-state index in [9.17, 15) is 0 Å². The summed E-state index contributed by atoms with van der Waals surface area (Å²) in [5, 5.41) is 0. The lowest BCUT2D eigenvalue weighted by molar-refractivity contribution is 0.174. The van der Waals surface area contributed by atoms with Crippen molar-refractivity contribution in [1.82, 2.24) is 15.0 Å². The fourth-order valence-electron chi connectivity index (χ4n) is 2.85. The number of nitrogens with zero attached hydrogens (tertiary/aromatic N) is 2. The van der Waals surface area contributed by atoms with E-state index >= 15 is 0 Å². The number of nitrogens with one attached hydrogen (secondary N) is 1. The second-order valence-electron chi connectivity index (χ2n) is 7.29. The molecule has 1 N–H and O–H groups in total. The minimum absolute atomic E-state index is 0. The minimum Gasteiger partial charge on any atom is -0.454 e. The number of halogens is 1. The van der Waals surface area contributed by atoms with Crippen LogP contribution in [0.1, 0.15) is 32.3 Å². The van der Waals surface area contributed by atoms with E-state index < -0.39 is 0 Å². The molecule has 0 aliphatic carbocycles. The van der Waals surface area contributed by atoms with Crippen molar-refractivity contribution in [3.63, 3.8) is 0 Å². The predicted molar refractivity (Wildman–Crippen MR) is 104 cm³/mol. The number of H-pyrrole nitrogens is 1. The summed E-state index contributed by atoms with van der Waals surface area (Å²) in [4.78, 5) is 13.0. The largest absolute Gasteiger partial charge is 0.454 e. The smallest absolute Gasteiger partial charge is 0.231 e. The first-order chi connectivity index (χ1) is 11.9. The molecule has 3 heterocycles. The molecule has 0 radical (unpaired) electrons.